The highest BCUT2D eigenvalue weighted by molar-refractivity contribution is 9.10. The number of rotatable bonds is 5. The number of methoxy groups -OCH3 is 1. The highest BCUT2D eigenvalue weighted by Crippen LogP contribution is 2.28. The van der Waals surface area contributed by atoms with Crippen molar-refractivity contribution in [1.82, 2.24) is 4.72 Å². The number of halogens is 1. The molecule has 0 saturated carbocycles. The predicted octanol–water partition coefficient (Wildman–Crippen LogP) is 3.15. The molecule has 2 aromatic rings. The van der Waals surface area contributed by atoms with Crippen molar-refractivity contribution in [2.24, 2.45) is 0 Å². The Morgan fingerprint density at radius 1 is 1.38 bits per heavy atom. The van der Waals surface area contributed by atoms with Crippen LogP contribution in [0.25, 0.3) is 0 Å². The molecular weight excluding hydrogens is 398 g/mol. The number of ether oxygens (including phenoxy) is 1. The molecule has 0 fully saturated rings. The molecule has 9 heteroatoms. The van der Waals surface area contributed by atoms with Crippen LogP contribution >= 0.6 is 38.6 Å². The zero-order valence-corrected chi connectivity index (χ0v) is 15.2. The lowest BCUT2D eigenvalue weighted by molar-refractivity contribution is 0.0602. The van der Waals surface area contributed by atoms with Gasteiger partial charge < -0.3 is 4.74 Å². The van der Waals surface area contributed by atoms with E-state index in [0.29, 0.717) is 5.56 Å². The second kappa shape index (κ2) is 6.57. The summed E-state index contributed by atoms with van der Waals surface area (Å²) in [4.78, 5) is 12.6. The van der Waals surface area contributed by atoms with Gasteiger partial charge in [-0.1, -0.05) is 0 Å². The number of hydrogen-bond acceptors (Lipinski definition) is 6. The van der Waals surface area contributed by atoms with Gasteiger partial charge >= 0.3 is 5.97 Å². The first-order valence-electron chi connectivity index (χ1n) is 5.74. The first kappa shape index (κ1) is 16.6. The molecule has 2 rings (SSSR count). The van der Waals surface area contributed by atoms with Gasteiger partial charge in [0.1, 0.15) is 9.77 Å². The van der Waals surface area contributed by atoms with Crippen molar-refractivity contribution in [2.75, 3.05) is 7.11 Å². The molecule has 0 aliphatic heterocycles. The number of esters is 1. The monoisotopic (exact) mass is 409 g/mol. The number of carbonyl (C=O) groups excluding carboxylic acids is 1. The summed E-state index contributed by atoms with van der Waals surface area (Å²) in [5.74, 6) is -0.646. The highest BCUT2D eigenvalue weighted by Gasteiger charge is 2.27. The molecule has 0 unspecified atom stereocenters. The number of sulfonamides is 1. The lowest BCUT2D eigenvalue weighted by Gasteiger charge is -2.07. The molecule has 0 saturated heterocycles. The third kappa shape index (κ3) is 3.72. The topological polar surface area (TPSA) is 72.5 Å². The van der Waals surface area contributed by atoms with Crippen LogP contribution in [-0.4, -0.2) is 21.5 Å². The zero-order valence-electron chi connectivity index (χ0n) is 11.2. The van der Waals surface area contributed by atoms with Crippen LogP contribution in [0.4, 0.5) is 0 Å². The van der Waals surface area contributed by atoms with Gasteiger partial charge in [0.05, 0.1) is 7.11 Å². The first-order chi connectivity index (χ1) is 9.85. The van der Waals surface area contributed by atoms with Crippen molar-refractivity contribution in [3.05, 3.63) is 36.6 Å². The number of aryl methyl sites for hydroxylation is 1. The molecule has 0 atom stereocenters. The maximum Gasteiger partial charge on any atom is 0.349 e. The summed E-state index contributed by atoms with van der Waals surface area (Å²) >= 11 is 5.82. The summed E-state index contributed by atoms with van der Waals surface area (Å²) < 4.78 is 32.9. The molecule has 0 spiro atoms. The fraction of sp³-hybridized carbons (Fsp3) is 0.250. The number of carbonyl (C=O) groups is 1. The molecular formula is C12H12BrNO4S3. The van der Waals surface area contributed by atoms with E-state index in [4.69, 9.17) is 0 Å². The van der Waals surface area contributed by atoms with E-state index >= 15 is 0 Å². The van der Waals surface area contributed by atoms with Crippen LogP contribution in [0.2, 0.25) is 0 Å². The number of hydrogen-bond donors (Lipinski definition) is 1. The van der Waals surface area contributed by atoms with Gasteiger partial charge in [-0.05, 0) is 39.9 Å². The van der Waals surface area contributed by atoms with E-state index < -0.39 is 16.0 Å². The summed E-state index contributed by atoms with van der Waals surface area (Å²) in [5.41, 5.74) is 0.528. The largest absolute Gasteiger partial charge is 0.465 e. The summed E-state index contributed by atoms with van der Waals surface area (Å²) in [6.07, 6.45) is 0. The molecule has 0 bridgehead atoms. The number of thiophene rings is 2. The third-order valence-electron chi connectivity index (χ3n) is 2.62. The minimum absolute atomic E-state index is 0.00466. The van der Waals surface area contributed by atoms with Gasteiger partial charge in [0.15, 0.2) is 0 Å². The van der Waals surface area contributed by atoms with Gasteiger partial charge in [0, 0.05) is 21.3 Å². The standard InChI is InChI=1S/C12H12BrNO4S3/c1-7-5-20-10(12(15)18-2)11(7)21(16,17)14-4-9-3-8(13)6-19-9/h3,5-6,14H,4H2,1-2H3. The van der Waals surface area contributed by atoms with Gasteiger partial charge in [0.25, 0.3) is 0 Å². The quantitative estimate of drug-likeness (QED) is 0.769. The van der Waals surface area contributed by atoms with E-state index in [1.54, 1.807) is 12.3 Å². The molecule has 0 aromatic carbocycles. The zero-order chi connectivity index (χ0) is 15.6. The molecule has 114 valence electrons. The Bertz CT molecular complexity index is 763. The van der Waals surface area contributed by atoms with Crippen LogP contribution in [0, 0.1) is 6.92 Å². The van der Waals surface area contributed by atoms with Crippen LogP contribution in [0.5, 0.6) is 0 Å². The molecule has 21 heavy (non-hydrogen) atoms. The Morgan fingerprint density at radius 3 is 2.67 bits per heavy atom. The maximum atomic E-state index is 12.4. The molecule has 0 amide bonds. The Morgan fingerprint density at radius 2 is 2.10 bits per heavy atom. The Balaban J connectivity index is 2.27. The fourth-order valence-electron chi connectivity index (χ4n) is 1.69. The normalized spacial score (nSPS) is 11.6. The lowest BCUT2D eigenvalue weighted by Crippen LogP contribution is -2.24. The van der Waals surface area contributed by atoms with Crippen molar-refractivity contribution in [3.8, 4) is 0 Å². The summed E-state index contributed by atoms with van der Waals surface area (Å²) in [5, 5.41) is 3.50. The smallest absolute Gasteiger partial charge is 0.349 e. The maximum absolute atomic E-state index is 12.4. The first-order valence-corrected chi connectivity index (χ1v) is 9.77. The summed E-state index contributed by atoms with van der Waals surface area (Å²) in [6, 6.07) is 1.84. The second-order valence-electron chi connectivity index (χ2n) is 4.12. The van der Waals surface area contributed by atoms with Crippen LogP contribution in [-0.2, 0) is 21.3 Å². The summed E-state index contributed by atoms with van der Waals surface area (Å²) in [7, 11) is -2.54. The molecule has 1 N–H and O–H groups in total. The van der Waals surface area contributed by atoms with Crippen LogP contribution in [0.1, 0.15) is 20.1 Å². The minimum atomic E-state index is -3.77. The van der Waals surface area contributed by atoms with E-state index in [1.807, 2.05) is 11.4 Å². The van der Waals surface area contributed by atoms with E-state index in [0.717, 1.165) is 20.7 Å². The Hall–Kier alpha value is -0.740. The van der Waals surface area contributed by atoms with Crippen molar-refractivity contribution in [1.29, 1.82) is 0 Å². The summed E-state index contributed by atoms with van der Waals surface area (Å²) in [6.45, 7) is 1.83. The fourth-order valence-corrected chi connectivity index (χ4v) is 5.88. The van der Waals surface area contributed by atoms with Gasteiger partial charge in [-0.15, -0.1) is 22.7 Å². The van der Waals surface area contributed by atoms with Gasteiger partial charge in [-0.2, -0.15) is 0 Å². The highest BCUT2D eigenvalue weighted by atomic mass is 79.9. The molecule has 2 heterocycles. The average molecular weight is 410 g/mol. The van der Waals surface area contributed by atoms with Crippen molar-refractivity contribution < 1.29 is 17.9 Å². The van der Waals surface area contributed by atoms with E-state index in [-0.39, 0.29) is 16.3 Å². The van der Waals surface area contributed by atoms with E-state index in [9.17, 15) is 13.2 Å². The molecule has 5 nitrogen and oxygen atoms in total. The predicted molar refractivity (Wildman–Crippen MR) is 86.4 cm³/mol. The Labute approximate surface area is 139 Å². The molecule has 2 aromatic heterocycles. The third-order valence-corrected chi connectivity index (χ3v) is 7.11. The van der Waals surface area contributed by atoms with Crippen LogP contribution in [0.3, 0.4) is 0 Å². The van der Waals surface area contributed by atoms with Crippen molar-refractivity contribution in [2.45, 2.75) is 18.4 Å². The van der Waals surface area contributed by atoms with E-state index in [1.165, 1.54) is 18.4 Å². The van der Waals surface area contributed by atoms with Crippen LogP contribution in [0.15, 0.2) is 26.2 Å². The Kier molecular flexibility index (Phi) is 5.20. The van der Waals surface area contributed by atoms with Crippen LogP contribution < -0.4 is 4.72 Å². The van der Waals surface area contributed by atoms with Crippen molar-refractivity contribution in [3.63, 3.8) is 0 Å². The molecule has 0 aliphatic rings. The number of nitrogens with one attached hydrogen (secondary N) is 1. The average Bonchev–Trinajstić information content (AvgIpc) is 3.02. The van der Waals surface area contributed by atoms with Gasteiger partial charge in [-0.3, -0.25) is 0 Å². The SMILES string of the molecule is COC(=O)c1scc(C)c1S(=O)(=O)NCc1cc(Br)cs1. The van der Waals surface area contributed by atoms with E-state index in [2.05, 4.69) is 25.4 Å². The molecule has 0 radical (unpaired) electrons. The second-order valence-corrected chi connectivity index (χ2v) is 8.62. The molecule has 0 aliphatic carbocycles. The van der Waals surface area contributed by atoms with Crippen molar-refractivity contribution >= 4 is 54.6 Å². The minimum Gasteiger partial charge on any atom is -0.465 e. The van der Waals surface area contributed by atoms with Gasteiger partial charge in [0.2, 0.25) is 10.0 Å². The van der Waals surface area contributed by atoms with Gasteiger partial charge in [-0.25, -0.2) is 17.9 Å². The lowest BCUT2D eigenvalue weighted by atomic mass is 10.3.